The van der Waals surface area contributed by atoms with Crippen molar-refractivity contribution in [3.63, 3.8) is 0 Å². The van der Waals surface area contributed by atoms with E-state index >= 15 is 0 Å². The minimum atomic E-state index is -1.15. The maximum absolute atomic E-state index is 10.6. The second-order valence-corrected chi connectivity index (χ2v) is 18.0. The first-order chi connectivity index (χ1) is 31.9. The third kappa shape index (κ3) is 9.14. The van der Waals surface area contributed by atoms with Crippen LogP contribution in [0.3, 0.4) is 0 Å². The van der Waals surface area contributed by atoms with Gasteiger partial charge in [0.1, 0.15) is 90.4 Å². The zero-order chi connectivity index (χ0) is 46.3. The molecule has 3 fully saturated rings. The fraction of sp³-hybridized carbons (Fsp3) is 0.333. The number of methoxy groups -OCH3 is 1. The van der Waals surface area contributed by atoms with E-state index in [1.54, 1.807) is 29.2 Å². The molecule has 2 aromatic carbocycles. The molecule has 0 aliphatic carbocycles. The fourth-order valence-electron chi connectivity index (χ4n) is 8.26. The predicted octanol–water partition coefficient (Wildman–Crippen LogP) is 6.95. The van der Waals surface area contributed by atoms with Crippen molar-refractivity contribution in [1.29, 1.82) is 0 Å². The molecule has 0 unspecified atom stereocenters. The molecule has 0 saturated carbocycles. The molecule has 66 heavy (non-hydrogen) atoms. The Bertz CT molecular complexity index is 3020. The van der Waals surface area contributed by atoms with E-state index in [1.165, 1.54) is 19.8 Å². The summed E-state index contributed by atoms with van der Waals surface area (Å²) in [4.78, 5) is 25.6. The lowest BCUT2D eigenvalue weighted by Crippen LogP contribution is -2.34. The quantitative estimate of drug-likeness (QED) is 0.125. The SMILES string of the molecule is CC1(C)O[C@@H]2[C@H](O1)[C@@H](COc1ccc3cc(Br)cnc3c1)O[C@H]2n1ccc2c(Cl)ncnc21.CO.COc1ncnc2c1ccn2[C@@H]1O[C@H](COc2ccc3cc(Br)cnc3c2)[C@@H](O)[C@H]1O. The summed E-state index contributed by atoms with van der Waals surface area (Å²) in [7, 11) is 2.53. The van der Waals surface area contributed by atoms with E-state index < -0.39 is 36.6 Å². The van der Waals surface area contributed by atoms with Crippen LogP contribution < -0.4 is 14.2 Å². The number of rotatable bonds is 9. The number of benzene rings is 2. The van der Waals surface area contributed by atoms with Gasteiger partial charge in [0.15, 0.2) is 18.2 Å². The Morgan fingerprint density at radius 2 is 1.21 bits per heavy atom. The second-order valence-electron chi connectivity index (χ2n) is 15.8. The van der Waals surface area contributed by atoms with Crippen LogP contribution in [0, 0.1) is 0 Å². The number of aromatic nitrogens is 8. The average Bonchev–Trinajstić information content (AvgIpc) is 4.14. The van der Waals surface area contributed by atoms with Gasteiger partial charge in [0.25, 0.3) is 0 Å². The number of fused-ring (bicyclic) bond motifs is 5. The van der Waals surface area contributed by atoms with E-state index in [9.17, 15) is 10.2 Å². The summed E-state index contributed by atoms with van der Waals surface area (Å²) >= 11 is 13.1. The maximum atomic E-state index is 10.6. The maximum Gasteiger partial charge on any atom is 0.225 e. The molecule has 8 atom stereocenters. The highest BCUT2D eigenvalue weighted by atomic mass is 79.9. The Kier molecular flexibility index (Phi) is 13.4. The molecule has 6 aromatic heterocycles. The van der Waals surface area contributed by atoms with Crippen molar-refractivity contribution >= 4 is 87.3 Å². The number of hydrogen-bond acceptors (Lipinski definition) is 16. The number of aliphatic hydroxyl groups is 3. The van der Waals surface area contributed by atoms with Crippen molar-refractivity contribution in [1.82, 2.24) is 39.0 Å². The summed E-state index contributed by atoms with van der Waals surface area (Å²) < 4.78 is 47.4. The largest absolute Gasteiger partial charge is 0.491 e. The van der Waals surface area contributed by atoms with E-state index in [4.69, 9.17) is 49.9 Å². The van der Waals surface area contributed by atoms with Gasteiger partial charge < -0.3 is 57.6 Å². The topological polar surface area (TPSA) is 212 Å². The van der Waals surface area contributed by atoms with Gasteiger partial charge in [-0.1, -0.05) is 11.6 Å². The van der Waals surface area contributed by atoms with Gasteiger partial charge in [-0.05, 0) is 94.2 Å². The van der Waals surface area contributed by atoms with Gasteiger partial charge in [0.2, 0.25) is 5.88 Å². The molecular weight excluding hydrogens is 1010 g/mol. The lowest BCUT2D eigenvalue weighted by molar-refractivity contribution is -0.198. The minimum absolute atomic E-state index is 0.0638. The van der Waals surface area contributed by atoms with Crippen molar-refractivity contribution in [3.05, 3.63) is 112 Å². The molecular formula is C45H43Br2ClN8O10. The van der Waals surface area contributed by atoms with Crippen LogP contribution >= 0.6 is 43.5 Å². The second kappa shape index (κ2) is 19.2. The average molecular weight is 1050 g/mol. The molecule has 11 rings (SSSR count). The molecule has 3 N–H and O–H groups in total. The molecule has 18 nitrogen and oxygen atoms in total. The van der Waals surface area contributed by atoms with Crippen LogP contribution in [0.4, 0.5) is 0 Å². The summed E-state index contributed by atoms with van der Waals surface area (Å²) in [6.45, 7) is 4.17. The molecule has 8 aromatic rings. The third-order valence-electron chi connectivity index (χ3n) is 11.2. The van der Waals surface area contributed by atoms with Gasteiger partial charge in [-0.15, -0.1) is 0 Å². The summed E-state index contributed by atoms with van der Waals surface area (Å²) in [5.41, 5.74) is 2.87. The van der Waals surface area contributed by atoms with E-state index in [0.29, 0.717) is 45.8 Å². The van der Waals surface area contributed by atoms with Crippen molar-refractivity contribution in [2.45, 2.75) is 68.7 Å². The Morgan fingerprint density at radius 3 is 1.85 bits per heavy atom. The molecule has 3 aliphatic rings. The molecule has 0 amide bonds. The van der Waals surface area contributed by atoms with Gasteiger partial charge >= 0.3 is 0 Å². The summed E-state index contributed by atoms with van der Waals surface area (Å²) in [6, 6.07) is 19.0. The smallest absolute Gasteiger partial charge is 0.225 e. The van der Waals surface area contributed by atoms with E-state index in [2.05, 4.69) is 61.8 Å². The van der Waals surface area contributed by atoms with Gasteiger partial charge in [-0.2, -0.15) is 0 Å². The number of hydrogen-bond donors (Lipinski definition) is 3. The normalized spacial score (nSPS) is 24.2. The van der Waals surface area contributed by atoms with Crippen molar-refractivity contribution in [3.8, 4) is 17.4 Å². The number of nitrogens with zero attached hydrogens (tertiary/aromatic N) is 8. The molecule has 0 bridgehead atoms. The van der Waals surface area contributed by atoms with Crippen molar-refractivity contribution in [2.75, 3.05) is 27.4 Å². The van der Waals surface area contributed by atoms with Crippen molar-refractivity contribution in [2.24, 2.45) is 0 Å². The van der Waals surface area contributed by atoms with Crippen LogP contribution in [-0.4, -0.2) is 124 Å². The number of pyridine rings is 2. The molecule has 3 aliphatic heterocycles. The summed E-state index contributed by atoms with van der Waals surface area (Å²) in [5.74, 6) is 1.00. The summed E-state index contributed by atoms with van der Waals surface area (Å²) in [6.07, 6.45) is 4.68. The lowest BCUT2D eigenvalue weighted by atomic mass is 10.1. The molecule has 9 heterocycles. The highest BCUT2D eigenvalue weighted by Crippen LogP contribution is 2.44. The Morgan fingerprint density at radius 1 is 0.667 bits per heavy atom. The van der Waals surface area contributed by atoms with Crippen LogP contribution in [0.25, 0.3) is 43.9 Å². The standard InChI is InChI=1S/C23H20BrClN4O4.C21H19BrN4O5.CH4O/c1-23(2)32-18-17(10-30-14-4-3-12-7-13(24)9-26-16(12)8-14)31-22(19(18)33-23)29-6-5-15-20(25)27-11-28-21(15)29;1-29-20-14-4-5-26(19(14)24-10-25-20)21-18(28)17(27)16(31-21)9-30-13-3-2-11-6-12(22)8-23-15(11)7-13;1-2/h3-9,11,17-19,22H,10H2,1-2H3;2-8,10,16-18,21,27-28H,9H2,1H3;2H,1H3/t17-,18-,19-,22-;16-,17-,18-,21-;/m11./s1. The van der Waals surface area contributed by atoms with Crippen molar-refractivity contribution < 1.29 is 48.5 Å². The highest BCUT2D eigenvalue weighted by Gasteiger charge is 2.56. The Hall–Kier alpha value is -5.13. The molecule has 0 radical (unpaired) electrons. The number of ether oxygens (including phenoxy) is 7. The molecule has 344 valence electrons. The Labute approximate surface area is 398 Å². The first kappa shape index (κ1) is 46.0. The zero-order valence-electron chi connectivity index (χ0n) is 35.7. The minimum Gasteiger partial charge on any atom is -0.491 e. The van der Waals surface area contributed by atoms with Crippen LogP contribution in [0.1, 0.15) is 26.3 Å². The van der Waals surface area contributed by atoms with Gasteiger partial charge in [0.05, 0.1) is 28.9 Å². The van der Waals surface area contributed by atoms with Gasteiger partial charge in [0, 0.05) is 63.7 Å². The number of aliphatic hydroxyl groups excluding tert-OH is 3. The number of halogens is 3. The van der Waals surface area contributed by atoms with Crippen LogP contribution in [0.15, 0.2) is 107 Å². The van der Waals surface area contributed by atoms with E-state index in [0.717, 1.165) is 43.2 Å². The lowest BCUT2D eigenvalue weighted by Gasteiger charge is -2.25. The molecule has 0 spiro atoms. The van der Waals surface area contributed by atoms with E-state index in [-0.39, 0.29) is 24.9 Å². The van der Waals surface area contributed by atoms with Gasteiger partial charge in [-0.25, -0.2) is 19.9 Å². The zero-order valence-corrected chi connectivity index (χ0v) is 39.6. The molecule has 3 saturated heterocycles. The van der Waals surface area contributed by atoms with Crippen LogP contribution in [0.2, 0.25) is 5.15 Å². The first-order valence-electron chi connectivity index (χ1n) is 20.6. The molecule has 21 heteroatoms. The summed E-state index contributed by atoms with van der Waals surface area (Å²) in [5, 5.41) is 32.0. The highest BCUT2D eigenvalue weighted by molar-refractivity contribution is 9.10. The first-order valence-corrected chi connectivity index (χ1v) is 22.6. The third-order valence-corrected chi connectivity index (χ3v) is 12.4. The fourth-order valence-corrected chi connectivity index (χ4v) is 9.15. The monoisotopic (exact) mass is 1050 g/mol. The van der Waals surface area contributed by atoms with E-state index in [1.807, 2.05) is 79.2 Å². The van der Waals surface area contributed by atoms with Crippen LogP contribution in [-0.2, 0) is 18.9 Å². The van der Waals surface area contributed by atoms with Crippen LogP contribution in [0.5, 0.6) is 17.4 Å². The predicted molar refractivity (Wildman–Crippen MR) is 248 cm³/mol. The van der Waals surface area contributed by atoms with Gasteiger partial charge in [-0.3, -0.25) is 9.97 Å². The Balaban J connectivity index is 0.000000160.